The van der Waals surface area contributed by atoms with Crippen LogP contribution in [0.15, 0.2) is 0 Å². The zero-order chi connectivity index (χ0) is 13.1. The highest BCUT2D eigenvalue weighted by Crippen LogP contribution is 2.16. The number of carbonyl (C=O) groups is 1. The lowest BCUT2D eigenvalue weighted by Crippen LogP contribution is -2.08. The summed E-state index contributed by atoms with van der Waals surface area (Å²) >= 11 is 0. The van der Waals surface area contributed by atoms with E-state index in [1.807, 2.05) is 0 Å². The second kappa shape index (κ2) is 10.4. The Hall–Kier alpha value is -0.530. The quantitative estimate of drug-likeness (QED) is 0.577. The molecule has 18 heavy (non-hydrogen) atoms. The second-order valence-corrected chi connectivity index (χ2v) is 5.83. The molecule has 1 aliphatic heterocycles. The fourth-order valence-corrected chi connectivity index (χ4v) is 2.59. The molecule has 1 atom stereocenters. The number of ether oxygens (including phenoxy) is 1. The lowest BCUT2D eigenvalue weighted by molar-refractivity contribution is -0.144. The molecule has 2 nitrogen and oxygen atoms in total. The smallest absolute Gasteiger partial charge is 0.305 e. The predicted molar refractivity (Wildman–Crippen MR) is 75.5 cm³/mol. The van der Waals surface area contributed by atoms with E-state index in [-0.39, 0.29) is 5.97 Å². The number of hydrogen-bond donors (Lipinski definition) is 0. The van der Waals surface area contributed by atoms with Crippen LogP contribution in [0, 0.1) is 5.92 Å². The van der Waals surface area contributed by atoms with Gasteiger partial charge in [-0.15, -0.1) is 0 Å². The number of rotatable bonds is 0. The zero-order valence-corrected chi connectivity index (χ0v) is 12.1. The summed E-state index contributed by atoms with van der Waals surface area (Å²) in [6.45, 7) is 2.90. The Bertz CT molecular complexity index is 213. The first-order valence-corrected chi connectivity index (χ1v) is 7.94. The van der Waals surface area contributed by atoms with Crippen molar-refractivity contribution < 1.29 is 9.53 Å². The van der Waals surface area contributed by atoms with Crippen molar-refractivity contribution in [3.8, 4) is 0 Å². The highest BCUT2D eigenvalue weighted by molar-refractivity contribution is 5.69. The van der Waals surface area contributed by atoms with E-state index in [0.717, 1.165) is 12.8 Å². The molecule has 0 aliphatic carbocycles. The van der Waals surface area contributed by atoms with Gasteiger partial charge in [0.15, 0.2) is 0 Å². The van der Waals surface area contributed by atoms with Crippen LogP contribution in [0.1, 0.15) is 84.0 Å². The van der Waals surface area contributed by atoms with E-state index in [0.29, 0.717) is 18.9 Å². The van der Waals surface area contributed by atoms with Gasteiger partial charge in [0, 0.05) is 6.42 Å². The Balaban J connectivity index is 2.20. The molecule has 0 amide bonds. The van der Waals surface area contributed by atoms with Gasteiger partial charge in [-0.1, -0.05) is 64.7 Å². The SMILES string of the molecule is CC1CCCCCCCCCCCC(=O)OCC1. The van der Waals surface area contributed by atoms with E-state index in [1.54, 1.807) is 0 Å². The van der Waals surface area contributed by atoms with Gasteiger partial charge in [0.2, 0.25) is 0 Å². The molecule has 1 rings (SSSR count). The molecule has 0 radical (unpaired) electrons. The third kappa shape index (κ3) is 8.54. The van der Waals surface area contributed by atoms with E-state index in [2.05, 4.69) is 6.92 Å². The highest BCUT2D eigenvalue weighted by Gasteiger charge is 2.06. The summed E-state index contributed by atoms with van der Waals surface area (Å²) in [5, 5.41) is 0. The summed E-state index contributed by atoms with van der Waals surface area (Å²) in [5.41, 5.74) is 0. The van der Waals surface area contributed by atoms with Gasteiger partial charge in [0.1, 0.15) is 0 Å². The molecule has 1 aliphatic rings. The average molecular weight is 254 g/mol. The van der Waals surface area contributed by atoms with Crippen LogP contribution in [0.4, 0.5) is 0 Å². The lowest BCUT2D eigenvalue weighted by Gasteiger charge is -2.12. The predicted octanol–water partition coefficient (Wildman–Crippen LogP) is 4.86. The van der Waals surface area contributed by atoms with Crippen molar-refractivity contribution in [2.75, 3.05) is 6.61 Å². The maximum absolute atomic E-state index is 11.5. The van der Waals surface area contributed by atoms with E-state index in [9.17, 15) is 4.79 Å². The van der Waals surface area contributed by atoms with Crippen molar-refractivity contribution in [2.45, 2.75) is 84.0 Å². The van der Waals surface area contributed by atoms with Gasteiger partial charge in [-0.05, 0) is 18.8 Å². The van der Waals surface area contributed by atoms with Crippen LogP contribution in [0.5, 0.6) is 0 Å². The fraction of sp³-hybridized carbons (Fsp3) is 0.938. The number of hydrogen-bond acceptors (Lipinski definition) is 2. The standard InChI is InChI=1S/C16H30O2/c1-15-11-9-7-5-3-2-4-6-8-10-12-16(17)18-14-13-15/h15H,2-14H2,1H3. The van der Waals surface area contributed by atoms with E-state index < -0.39 is 0 Å². The molecule has 0 bridgehead atoms. The molecule has 0 aromatic carbocycles. The number of esters is 1. The van der Waals surface area contributed by atoms with Crippen LogP contribution in [-0.2, 0) is 9.53 Å². The summed E-state index contributed by atoms with van der Waals surface area (Å²) < 4.78 is 5.27. The minimum atomic E-state index is 0.00861. The summed E-state index contributed by atoms with van der Waals surface area (Å²) in [6.07, 6.45) is 14.7. The molecule has 0 spiro atoms. The summed E-state index contributed by atoms with van der Waals surface area (Å²) in [4.78, 5) is 11.5. The van der Waals surface area contributed by atoms with Crippen molar-refractivity contribution >= 4 is 5.97 Å². The van der Waals surface area contributed by atoms with E-state index in [4.69, 9.17) is 4.74 Å². The number of carbonyl (C=O) groups excluding carboxylic acids is 1. The monoisotopic (exact) mass is 254 g/mol. The molecule has 0 saturated carbocycles. The molecular weight excluding hydrogens is 224 g/mol. The van der Waals surface area contributed by atoms with Crippen LogP contribution in [-0.4, -0.2) is 12.6 Å². The van der Waals surface area contributed by atoms with Gasteiger partial charge < -0.3 is 4.74 Å². The van der Waals surface area contributed by atoms with Gasteiger partial charge in [0.05, 0.1) is 6.61 Å². The summed E-state index contributed by atoms with van der Waals surface area (Å²) in [7, 11) is 0. The molecule has 0 aromatic rings. The first-order valence-electron chi connectivity index (χ1n) is 7.94. The van der Waals surface area contributed by atoms with Crippen LogP contribution in [0.3, 0.4) is 0 Å². The third-order valence-electron chi connectivity index (χ3n) is 3.95. The van der Waals surface area contributed by atoms with Crippen molar-refractivity contribution in [1.82, 2.24) is 0 Å². The average Bonchev–Trinajstić information content (AvgIpc) is 2.34. The Morgan fingerprint density at radius 2 is 1.39 bits per heavy atom. The topological polar surface area (TPSA) is 26.3 Å². The normalized spacial score (nSPS) is 26.5. The minimum absolute atomic E-state index is 0.00861. The third-order valence-corrected chi connectivity index (χ3v) is 3.95. The Morgan fingerprint density at radius 3 is 2.06 bits per heavy atom. The van der Waals surface area contributed by atoms with Gasteiger partial charge in [-0.25, -0.2) is 0 Å². The lowest BCUT2D eigenvalue weighted by atomic mass is 9.99. The minimum Gasteiger partial charge on any atom is -0.466 e. The van der Waals surface area contributed by atoms with E-state index >= 15 is 0 Å². The van der Waals surface area contributed by atoms with Crippen molar-refractivity contribution in [2.24, 2.45) is 5.92 Å². The van der Waals surface area contributed by atoms with Crippen molar-refractivity contribution in [3.63, 3.8) is 0 Å². The first kappa shape index (κ1) is 15.5. The second-order valence-electron chi connectivity index (χ2n) is 5.83. The van der Waals surface area contributed by atoms with Crippen LogP contribution in [0.2, 0.25) is 0 Å². The fourth-order valence-electron chi connectivity index (χ4n) is 2.59. The van der Waals surface area contributed by atoms with Gasteiger partial charge >= 0.3 is 5.97 Å². The zero-order valence-electron chi connectivity index (χ0n) is 12.1. The molecule has 1 unspecified atom stereocenters. The Labute approximate surface area is 112 Å². The molecule has 106 valence electrons. The van der Waals surface area contributed by atoms with Gasteiger partial charge in [-0.3, -0.25) is 4.79 Å². The van der Waals surface area contributed by atoms with Crippen LogP contribution < -0.4 is 0 Å². The molecule has 1 heterocycles. The Morgan fingerprint density at radius 1 is 0.833 bits per heavy atom. The molecule has 0 aromatic heterocycles. The molecule has 1 saturated heterocycles. The van der Waals surface area contributed by atoms with E-state index in [1.165, 1.54) is 57.8 Å². The maximum Gasteiger partial charge on any atom is 0.305 e. The van der Waals surface area contributed by atoms with Gasteiger partial charge in [0.25, 0.3) is 0 Å². The largest absolute Gasteiger partial charge is 0.466 e. The molecule has 0 N–H and O–H groups in total. The maximum atomic E-state index is 11.5. The molecule has 1 fully saturated rings. The number of cyclic esters (lactones) is 1. The first-order chi connectivity index (χ1) is 8.79. The van der Waals surface area contributed by atoms with Crippen molar-refractivity contribution in [1.29, 1.82) is 0 Å². The highest BCUT2D eigenvalue weighted by atomic mass is 16.5. The van der Waals surface area contributed by atoms with Crippen molar-refractivity contribution in [3.05, 3.63) is 0 Å². The summed E-state index contributed by atoms with van der Waals surface area (Å²) in [6, 6.07) is 0. The summed E-state index contributed by atoms with van der Waals surface area (Å²) in [5.74, 6) is 0.708. The molecular formula is C16H30O2. The Kier molecular flexibility index (Phi) is 8.97. The van der Waals surface area contributed by atoms with Gasteiger partial charge in [-0.2, -0.15) is 0 Å². The van der Waals surface area contributed by atoms with Crippen LogP contribution >= 0.6 is 0 Å². The van der Waals surface area contributed by atoms with Crippen LogP contribution in [0.25, 0.3) is 0 Å². The molecule has 2 heteroatoms.